The molecule has 4 nitrogen and oxygen atoms in total. The van der Waals surface area contributed by atoms with Gasteiger partial charge < -0.3 is 5.73 Å². The Morgan fingerprint density at radius 3 is 2.67 bits per heavy atom. The highest BCUT2D eigenvalue weighted by Gasteiger charge is 2.13. The highest BCUT2D eigenvalue weighted by molar-refractivity contribution is 7.85. The molecule has 0 fully saturated rings. The summed E-state index contributed by atoms with van der Waals surface area (Å²) in [6.45, 7) is 0. The lowest BCUT2D eigenvalue weighted by Gasteiger charge is -2.09. The minimum Gasteiger partial charge on any atom is -0.326 e. The fourth-order valence-electron chi connectivity index (χ4n) is 1.30. The van der Waals surface area contributed by atoms with Crippen LogP contribution >= 0.6 is 11.6 Å². The first-order chi connectivity index (χ1) is 6.87. The van der Waals surface area contributed by atoms with Crippen LogP contribution in [0.25, 0.3) is 0 Å². The van der Waals surface area contributed by atoms with Crippen molar-refractivity contribution in [1.82, 2.24) is 0 Å². The van der Waals surface area contributed by atoms with Crippen LogP contribution in [0.4, 0.5) is 0 Å². The zero-order valence-electron chi connectivity index (χ0n) is 7.93. The molecular weight excluding hydrogens is 238 g/mol. The van der Waals surface area contributed by atoms with E-state index in [1.54, 1.807) is 24.3 Å². The Morgan fingerprint density at radius 1 is 1.47 bits per heavy atom. The minimum absolute atomic E-state index is 0.361. The maximum absolute atomic E-state index is 10.5. The quantitative estimate of drug-likeness (QED) is 0.783. The van der Waals surface area contributed by atoms with E-state index in [0.717, 1.165) is 5.56 Å². The van der Waals surface area contributed by atoms with Crippen LogP contribution in [0.15, 0.2) is 24.3 Å². The van der Waals surface area contributed by atoms with Gasteiger partial charge in [-0.3, -0.25) is 4.55 Å². The Morgan fingerprint density at radius 2 is 2.13 bits per heavy atom. The summed E-state index contributed by atoms with van der Waals surface area (Å²) in [6.07, 6.45) is 0.361. The molecule has 0 aliphatic carbocycles. The molecule has 0 radical (unpaired) electrons. The van der Waals surface area contributed by atoms with Crippen molar-refractivity contribution < 1.29 is 13.0 Å². The van der Waals surface area contributed by atoms with Gasteiger partial charge in [-0.15, -0.1) is 0 Å². The first kappa shape index (κ1) is 12.4. The van der Waals surface area contributed by atoms with E-state index in [0.29, 0.717) is 11.4 Å². The summed E-state index contributed by atoms with van der Waals surface area (Å²) in [5, 5.41) is 0.576. The van der Waals surface area contributed by atoms with Crippen molar-refractivity contribution in [1.29, 1.82) is 0 Å². The minimum atomic E-state index is -4.01. The lowest BCUT2D eigenvalue weighted by atomic mass is 10.1. The number of halogens is 1. The van der Waals surface area contributed by atoms with Gasteiger partial charge in [0.1, 0.15) is 0 Å². The van der Waals surface area contributed by atoms with Crippen molar-refractivity contribution in [3.8, 4) is 0 Å². The van der Waals surface area contributed by atoms with Crippen molar-refractivity contribution in [2.24, 2.45) is 5.73 Å². The zero-order valence-corrected chi connectivity index (χ0v) is 9.50. The van der Waals surface area contributed by atoms with Crippen molar-refractivity contribution in [3.63, 3.8) is 0 Å². The molecule has 84 valence electrons. The SMILES string of the molecule is N[C@H](Cc1cccc(Cl)c1)CS(=O)(=O)O. The summed E-state index contributed by atoms with van der Waals surface area (Å²) >= 11 is 5.75. The third kappa shape index (κ3) is 5.13. The Kier molecular flexibility index (Phi) is 4.10. The molecule has 0 unspecified atom stereocenters. The molecule has 0 spiro atoms. The molecule has 1 rings (SSSR count). The number of benzene rings is 1. The molecule has 0 aromatic heterocycles. The Bertz CT molecular complexity index is 433. The third-order valence-corrected chi connectivity index (χ3v) is 2.90. The predicted molar refractivity (Wildman–Crippen MR) is 59.5 cm³/mol. The van der Waals surface area contributed by atoms with Crippen molar-refractivity contribution in [2.75, 3.05) is 5.75 Å². The van der Waals surface area contributed by atoms with Crippen LogP contribution in [0.5, 0.6) is 0 Å². The Hall–Kier alpha value is -0.620. The van der Waals surface area contributed by atoms with Crippen LogP contribution in [-0.4, -0.2) is 24.8 Å². The molecule has 0 aliphatic rings. The molecule has 0 saturated carbocycles. The van der Waals surface area contributed by atoms with Crippen LogP contribution in [-0.2, 0) is 16.5 Å². The van der Waals surface area contributed by atoms with Gasteiger partial charge >= 0.3 is 0 Å². The van der Waals surface area contributed by atoms with E-state index in [-0.39, 0.29) is 0 Å². The molecule has 15 heavy (non-hydrogen) atoms. The summed E-state index contributed by atoms with van der Waals surface area (Å²) in [5.41, 5.74) is 6.41. The molecule has 0 bridgehead atoms. The molecule has 0 aliphatic heterocycles. The summed E-state index contributed by atoms with van der Waals surface area (Å²) in [4.78, 5) is 0. The standard InChI is InChI=1S/C9H12ClNO3S/c10-8-3-1-2-7(4-8)5-9(11)6-15(12,13)14/h1-4,9H,5-6,11H2,(H,12,13,14)/t9-/m1/s1. The monoisotopic (exact) mass is 249 g/mol. The van der Waals surface area contributed by atoms with Crippen molar-refractivity contribution in [2.45, 2.75) is 12.5 Å². The molecule has 1 atom stereocenters. The van der Waals surface area contributed by atoms with Gasteiger partial charge in [0.15, 0.2) is 0 Å². The van der Waals surface area contributed by atoms with Crippen molar-refractivity contribution in [3.05, 3.63) is 34.9 Å². The Balaban J connectivity index is 2.63. The second-order valence-corrected chi connectivity index (χ2v) is 5.28. The number of hydrogen-bond donors (Lipinski definition) is 2. The molecule has 6 heteroatoms. The van der Waals surface area contributed by atoms with Crippen LogP contribution in [0.2, 0.25) is 5.02 Å². The molecule has 3 N–H and O–H groups in total. The van der Waals surface area contributed by atoms with Gasteiger partial charge in [-0.1, -0.05) is 23.7 Å². The summed E-state index contributed by atoms with van der Waals surface area (Å²) in [6, 6.07) is 6.37. The first-order valence-corrected chi connectivity index (χ1v) is 6.31. The smallest absolute Gasteiger partial charge is 0.266 e. The molecule has 0 saturated heterocycles. The fraction of sp³-hybridized carbons (Fsp3) is 0.333. The predicted octanol–water partition coefficient (Wildman–Crippen LogP) is 1.10. The van der Waals surface area contributed by atoms with Crippen molar-refractivity contribution >= 4 is 21.7 Å². The summed E-state index contributed by atoms with van der Waals surface area (Å²) < 4.78 is 29.7. The average molecular weight is 250 g/mol. The fourth-order valence-corrected chi connectivity index (χ4v) is 2.17. The normalized spacial score (nSPS) is 13.8. The molecule has 0 heterocycles. The van der Waals surface area contributed by atoms with Crippen LogP contribution in [0, 0.1) is 0 Å². The Labute approximate surface area is 93.8 Å². The van der Waals surface area contributed by atoms with Gasteiger partial charge in [0.05, 0.1) is 5.75 Å². The van der Waals surface area contributed by atoms with Gasteiger partial charge in [0.2, 0.25) is 0 Å². The van der Waals surface area contributed by atoms with Gasteiger partial charge in [0, 0.05) is 11.1 Å². The highest BCUT2D eigenvalue weighted by Crippen LogP contribution is 2.12. The van der Waals surface area contributed by atoms with E-state index in [4.69, 9.17) is 21.9 Å². The summed E-state index contributed by atoms with van der Waals surface area (Å²) in [7, 11) is -4.01. The number of hydrogen-bond acceptors (Lipinski definition) is 3. The summed E-state index contributed by atoms with van der Waals surface area (Å²) in [5.74, 6) is -0.445. The van der Waals surface area contributed by atoms with E-state index in [9.17, 15) is 8.42 Å². The van der Waals surface area contributed by atoms with E-state index < -0.39 is 21.9 Å². The van der Waals surface area contributed by atoms with Gasteiger partial charge in [-0.2, -0.15) is 8.42 Å². The van der Waals surface area contributed by atoms with E-state index in [2.05, 4.69) is 0 Å². The van der Waals surface area contributed by atoms with Gasteiger partial charge in [0.25, 0.3) is 10.1 Å². The lowest BCUT2D eigenvalue weighted by Crippen LogP contribution is -2.31. The highest BCUT2D eigenvalue weighted by atomic mass is 35.5. The molecule has 1 aromatic rings. The third-order valence-electron chi connectivity index (χ3n) is 1.81. The molecule has 0 amide bonds. The second kappa shape index (κ2) is 4.94. The van der Waals surface area contributed by atoms with Gasteiger partial charge in [-0.25, -0.2) is 0 Å². The van der Waals surface area contributed by atoms with E-state index >= 15 is 0 Å². The van der Waals surface area contributed by atoms with Crippen LogP contribution in [0.3, 0.4) is 0 Å². The number of nitrogens with two attached hydrogens (primary N) is 1. The molecular formula is C9H12ClNO3S. The lowest BCUT2D eigenvalue weighted by molar-refractivity contribution is 0.476. The topological polar surface area (TPSA) is 80.4 Å². The maximum Gasteiger partial charge on any atom is 0.266 e. The van der Waals surface area contributed by atoms with Crippen LogP contribution in [0.1, 0.15) is 5.56 Å². The first-order valence-electron chi connectivity index (χ1n) is 4.32. The number of rotatable bonds is 4. The van der Waals surface area contributed by atoms with E-state index in [1.807, 2.05) is 0 Å². The van der Waals surface area contributed by atoms with Crippen LogP contribution < -0.4 is 5.73 Å². The maximum atomic E-state index is 10.5. The largest absolute Gasteiger partial charge is 0.326 e. The van der Waals surface area contributed by atoms with Gasteiger partial charge in [-0.05, 0) is 24.1 Å². The second-order valence-electron chi connectivity index (χ2n) is 3.34. The van der Waals surface area contributed by atoms with E-state index in [1.165, 1.54) is 0 Å². The molecule has 1 aromatic carbocycles. The average Bonchev–Trinajstić information content (AvgIpc) is 1.99. The zero-order chi connectivity index (χ0) is 11.5.